The number of carbonyl (C=O) groups is 2. The van der Waals surface area contributed by atoms with Crippen molar-refractivity contribution in [1.29, 1.82) is 0 Å². The third kappa shape index (κ3) is 3.29. The molecule has 140 valence electrons. The molecule has 0 spiro atoms. The summed E-state index contributed by atoms with van der Waals surface area (Å²) < 4.78 is 0. The van der Waals surface area contributed by atoms with Gasteiger partial charge in [0.2, 0.25) is 5.91 Å². The summed E-state index contributed by atoms with van der Waals surface area (Å²) in [7, 11) is 0. The predicted molar refractivity (Wildman–Crippen MR) is 107 cm³/mol. The molecule has 1 fully saturated rings. The molecule has 2 aliphatic rings. The Bertz CT molecular complexity index is 850. The summed E-state index contributed by atoms with van der Waals surface area (Å²) in [5.41, 5.74) is 3.57. The molecule has 2 aromatic carbocycles. The standard InChI is InChI=1S/C22H25N3O2/c1-2-24-20-14-17(21(26)23-15-16-8-4-3-5-9-16)11-12-18(20)25-13-7-6-10-19(25)22(24)27/h3-5,8-9,11-12,14,19H,2,6-7,10,13,15H2,1H3,(H,23,26)/t19-/m0/s1. The van der Waals surface area contributed by atoms with Crippen LogP contribution in [-0.2, 0) is 11.3 Å². The molecule has 4 rings (SSSR count). The summed E-state index contributed by atoms with van der Waals surface area (Å²) >= 11 is 0. The number of likely N-dealkylation sites (N-methyl/N-ethyl adjacent to an activating group) is 1. The first-order chi connectivity index (χ1) is 13.2. The van der Waals surface area contributed by atoms with Gasteiger partial charge >= 0.3 is 0 Å². The van der Waals surface area contributed by atoms with Crippen molar-refractivity contribution in [2.45, 2.75) is 38.8 Å². The van der Waals surface area contributed by atoms with Crippen molar-refractivity contribution in [3.8, 4) is 0 Å². The molecule has 0 aromatic heterocycles. The molecule has 0 aliphatic carbocycles. The van der Waals surface area contributed by atoms with E-state index in [9.17, 15) is 9.59 Å². The van der Waals surface area contributed by atoms with Gasteiger partial charge in [0.15, 0.2) is 0 Å². The maximum absolute atomic E-state index is 12.9. The van der Waals surface area contributed by atoms with Crippen LogP contribution >= 0.6 is 0 Å². The second kappa shape index (κ2) is 7.43. The first-order valence-corrected chi connectivity index (χ1v) is 9.73. The van der Waals surface area contributed by atoms with E-state index < -0.39 is 0 Å². The Morgan fingerprint density at radius 3 is 2.70 bits per heavy atom. The molecule has 1 atom stereocenters. The summed E-state index contributed by atoms with van der Waals surface area (Å²) in [6, 6.07) is 15.5. The van der Waals surface area contributed by atoms with E-state index in [1.807, 2.05) is 60.4 Å². The molecule has 1 N–H and O–H groups in total. The van der Waals surface area contributed by atoms with Crippen molar-refractivity contribution in [3.63, 3.8) is 0 Å². The molecule has 0 radical (unpaired) electrons. The van der Waals surface area contributed by atoms with Crippen LogP contribution in [0.1, 0.15) is 42.1 Å². The second-order valence-corrected chi connectivity index (χ2v) is 7.16. The van der Waals surface area contributed by atoms with Crippen molar-refractivity contribution in [1.82, 2.24) is 5.32 Å². The van der Waals surface area contributed by atoms with Crippen molar-refractivity contribution in [2.75, 3.05) is 22.9 Å². The lowest BCUT2D eigenvalue weighted by Gasteiger charge is -2.45. The maximum atomic E-state index is 12.9. The molecule has 5 heteroatoms. The fraction of sp³-hybridized carbons (Fsp3) is 0.364. The van der Waals surface area contributed by atoms with Crippen LogP contribution in [-0.4, -0.2) is 30.9 Å². The normalized spacial score (nSPS) is 18.7. The first kappa shape index (κ1) is 17.6. The van der Waals surface area contributed by atoms with E-state index in [0.29, 0.717) is 18.7 Å². The minimum absolute atomic E-state index is 0.0519. The lowest BCUT2D eigenvalue weighted by atomic mass is 9.95. The van der Waals surface area contributed by atoms with Crippen LogP contribution < -0.4 is 15.1 Å². The fourth-order valence-electron chi connectivity index (χ4n) is 4.11. The first-order valence-electron chi connectivity index (χ1n) is 9.73. The molecule has 2 aromatic rings. The van der Waals surface area contributed by atoms with E-state index in [0.717, 1.165) is 42.7 Å². The quantitative estimate of drug-likeness (QED) is 0.906. The number of fused-ring (bicyclic) bond motifs is 3. The Morgan fingerprint density at radius 2 is 1.93 bits per heavy atom. The van der Waals surface area contributed by atoms with Crippen LogP contribution in [0, 0.1) is 0 Å². The number of anilines is 2. The Labute approximate surface area is 160 Å². The van der Waals surface area contributed by atoms with E-state index >= 15 is 0 Å². The Hall–Kier alpha value is -2.82. The molecule has 0 bridgehead atoms. The molecule has 2 heterocycles. The van der Waals surface area contributed by atoms with Crippen molar-refractivity contribution in [2.24, 2.45) is 0 Å². The zero-order valence-electron chi connectivity index (χ0n) is 15.6. The number of piperidine rings is 1. The average molecular weight is 363 g/mol. The molecule has 2 amide bonds. The van der Waals surface area contributed by atoms with E-state index in [-0.39, 0.29) is 17.9 Å². The summed E-state index contributed by atoms with van der Waals surface area (Å²) in [6.07, 6.45) is 3.11. The zero-order valence-corrected chi connectivity index (χ0v) is 15.6. The molecule has 2 aliphatic heterocycles. The van der Waals surface area contributed by atoms with Gasteiger partial charge in [-0.05, 0) is 49.9 Å². The van der Waals surface area contributed by atoms with Gasteiger partial charge in [-0.3, -0.25) is 9.59 Å². The van der Waals surface area contributed by atoms with Gasteiger partial charge in [-0.15, -0.1) is 0 Å². The topological polar surface area (TPSA) is 52.7 Å². The van der Waals surface area contributed by atoms with Crippen molar-refractivity contribution < 1.29 is 9.59 Å². The van der Waals surface area contributed by atoms with Crippen LogP contribution in [0.3, 0.4) is 0 Å². The van der Waals surface area contributed by atoms with Gasteiger partial charge in [-0.2, -0.15) is 0 Å². The number of carbonyl (C=O) groups excluding carboxylic acids is 2. The van der Waals surface area contributed by atoms with E-state index in [1.165, 1.54) is 0 Å². The predicted octanol–water partition coefficient (Wildman–Crippen LogP) is 3.34. The van der Waals surface area contributed by atoms with Gasteiger partial charge in [-0.25, -0.2) is 0 Å². The molecule has 0 saturated carbocycles. The Balaban J connectivity index is 1.59. The fourth-order valence-corrected chi connectivity index (χ4v) is 4.11. The minimum Gasteiger partial charge on any atom is -0.358 e. The molecule has 27 heavy (non-hydrogen) atoms. The summed E-state index contributed by atoms with van der Waals surface area (Å²) in [6.45, 7) is 4.00. The molecular weight excluding hydrogens is 338 g/mol. The Morgan fingerprint density at radius 1 is 1.11 bits per heavy atom. The van der Waals surface area contributed by atoms with Crippen LogP contribution in [0.5, 0.6) is 0 Å². The lowest BCUT2D eigenvalue weighted by molar-refractivity contribution is -0.120. The second-order valence-electron chi connectivity index (χ2n) is 7.16. The number of amides is 2. The number of benzene rings is 2. The highest BCUT2D eigenvalue weighted by atomic mass is 16.2. The van der Waals surface area contributed by atoms with E-state index in [2.05, 4.69) is 10.2 Å². The largest absolute Gasteiger partial charge is 0.358 e. The third-order valence-electron chi connectivity index (χ3n) is 5.50. The number of nitrogens with zero attached hydrogens (tertiary/aromatic N) is 2. The summed E-state index contributed by atoms with van der Waals surface area (Å²) in [5, 5.41) is 2.97. The Kier molecular flexibility index (Phi) is 4.84. The highest BCUT2D eigenvalue weighted by molar-refractivity contribution is 6.07. The third-order valence-corrected chi connectivity index (χ3v) is 5.50. The van der Waals surface area contributed by atoms with Crippen molar-refractivity contribution in [3.05, 3.63) is 59.7 Å². The van der Waals surface area contributed by atoms with Crippen LogP contribution in [0.2, 0.25) is 0 Å². The monoisotopic (exact) mass is 363 g/mol. The van der Waals surface area contributed by atoms with Gasteiger partial charge < -0.3 is 15.1 Å². The van der Waals surface area contributed by atoms with Crippen LogP contribution in [0.15, 0.2) is 48.5 Å². The lowest BCUT2D eigenvalue weighted by Crippen LogP contribution is -2.55. The summed E-state index contributed by atoms with van der Waals surface area (Å²) in [4.78, 5) is 29.6. The van der Waals surface area contributed by atoms with Crippen molar-refractivity contribution >= 4 is 23.2 Å². The van der Waals surface area contributed by atoms with Gasteiger partial charge in [-0.1, -0.05) is 30.3 Å². The van der Waals surface area contributed by atoms with Gasteiger partial charge in [0.05, 0.1) is 11.4 Å². The number of rotatable bonds is 4. The number of hydrogen-bond acceptors (Lipinski definition) is 3. The minimum atomic E-state index is -0.120. The van der Waals surface area contributed by atoms with Crippen LogP contribution in [0.4, 0.5) is 11.4 Å². The number of nitrogens with one attached hydrogen (secondary N) is 1. The molecular formula is C22H25N3O2. The maximum Gasteiger partial charge on any atom is 0.251 e. The van der Waals surface area contributed by atoms with Gasteiger partial charge in [0.1, 0.15) is 6.04 Å². The van der Waals surface area contributed by atoms with E-state index in [4.69, 9.17) is 0 Å². The SMILES string of the molecule is CCN1C(=O)[C@@H]2CCCCN2c2ccc(C(=O)NCc3ccccc3)cc21. The summed E-state index contributed by atoms with van der Waals surface area (Å²) in [5.74, 6) is 0.0393. The van der Waals surface area contributed by atoms with Gasteiger partial charge in [0.25, 0.3) is 5.91 Å². The molecule has 1 saturated heterocycles. The number of hydrogen-bond donors (Lipinski definition) is 1. The molecule has 0 unspecified atom stereocenters. The highest BCUT2D eigenvalue weighted by Gasteiger charge is 2.38. The molecule has 5 nitrogen and oxygen atoms in total. The van der Waals surface area contributed by atoms with E-state index in [1.54, 1.807) is 0 Å². The van der Waals surface area contributed by atoms with Crippen LogP contribution in [0.25, 0.3) is 0 Å². The average Bonchev–Trinajstić information content (AvgIpc) is 2.73. The smallest absolute Gasteiger partial charge is 0.251 e. The zero-order chi connectivity index (χ0) is 18.8. The van der Waals surface area contributed by atoms with Gasteiger partial charge in [0, 0.05) is 25.2 Å². The highest BCUT2D eigenvalue weighted by Crippen LogP contribution is 2.39.